The number of carbonyl (C=O) groups is 6. The normalized spacial score (nSPS) is 14.4. The first-order valence-electron chi connectivity index (χ1n) is 10.2. The van der Waals surface area contributed by atoms with Gasteiger partial charge in [-0.15, -0.1) is 0 Å². The Morgan fingerprint density at radius 3 is 2.03 bits per heavy atom. The minimum Gasteiger partial charge on any atom is -0.481 e. The maximum Gasteiger partial charge on any atom is 0.326 e. The van der Waals surface area contributed by atoms with Crippen molar-refractivity contribution >= 4 is 35.6 Å². The van der Waals surface area contributed by atoms with Crippen LogP contribution in [0.3, 0.4) is 0 Å². The second-order valence-electron chi connectivity index (χ2n) is 7.85. The molecule has 1 heterocycles. The Kier molecular flexibility index (Phi) is 10.6. The highest BCUT2D eigenvalue weighted by molar-refractivity contribution is 5.96. The zero-order chi connectivity index (χ0) is 26.0. The number of primary amides is 1. The molecule has 0 saturated heterocycles. The largest absolute Gasteiger partial charge is 0.481 e. The number of aromatic nitrogens is 2. The summed E-state index contributed by atoms with van der Waals surface area (Å²) >= 11 is 0. The van der Waals surface area contributed by atoms with Crippen LogP contribution in [0.25, 0.3) is 0 Å². The van der Waals surface area contributed by atoms with Crippen LogP contribution in [0, 0.1) is 5.92 Å². The fourth-order valence-corrected chi connectivity index (χ4v) is 2.84. The molecule has 4 atom stereocenters. The smallest absolute Gasteiger partial charge is 0.326 e. The van der Waals surface area contributed by atoms with Gasteiger partial charge in [-0.05, 0) is 5.92 Å². The molecule has 188 valence electrons. The average Bonchev–Trinajstić information content (AvgIpc) is 3.22. The van der Waals surface area contributed by atoms with E-state index < -0.39 is 78.5 Å². The molecule has 0 radical (unpaired) electrons. The van der Waals surface area contributed by atoms with Gasteiger partial charge in [-0.1, -0.05) is 13.8 Å². The first-order chi connectivity index (χ1) is 15.8. The lowest BCUT2D eigenvalue weighted by molar-refractivity contribution is -0.144. The van der Waals surface area contributed by atoms with Crippen LogP contribution >= 0.6 is 0 Å². The van der Waals surface area contributed by atoms with Gasteiger partial charge in [0.2, 0.25) is 23.6 Å². The van der Waals surface area contributed by atoms with Gasteiger partial charge in [0.15, 0.2) is 0 Å². The Hall–Kier alpha value is -4.01. The molecule has 0 aliphatic carbocycles. The topological polar surface area (TPSA) is 260 Å². The molecule has 1 aromatic heterocycles. The number of hydrogen-bond acceptors (Lipinski definition) is 8. The molecule has 0 fully saturated rings. The Morgan fingerprint density at radius 2 is 1.56 bits per heavy atom. The quantitative estimate of drug-likeness (QED) is 0.131. The molecule has 0 aliphatic rings. The van der Waals surface area contributed by atoms with Crippen LogP contribution in [0.15, 0.2) is 12.5 Å². The van der Waals surface area contributed by atoms with Crippen LogP contribution in [-0.2, 0) is 35.2 Å². The molecule has 0 aliphatic heterocycles. The second-order valence-corrected chi connectivity index (χ2v) is 7.85. The van der Waals surface area contributed by atoms with E-state index in [0.29, 0.717) is 5.69 Å². The Labute approximate surface area is 194 Å². The van der Waals surface area contributed by atoms with E-state index in [4.69, 9.17) is 16.6 Å². The zero-order valence-corrected chi connectivity index (χ0v) is 18.6. The number of nitrogens with one attached hydrogen (secondary N) is 4. The number of aromatic amines is 1. The molecule has 0 aromatic carbocycles. The number of H-pyrrole nitrogens is 1. The Morgan fingerprint density at radius 1 is 0.971 bits per heavy atom. The number of nitrogens with two attached hydrogens (primary N) is 2. The number of carboxylic acid groups (broad SMARTS) is 2. The van der Waals surface area contributed by atoms with Gasteiger partial charge in [-0.3, -0.25) is 24.0 Å². The van der Waals surface area contributed by atoms with Crippen LogP contribution in [0.2, 0.25) is 0 Å². The predicted molar refractivity (Wildman–Crippen MR) is 115 cm³/mol. The molecule has 4 amide bonds. The van der Waals surface area contributed by atoms with Crippen LogP contribution in [0.4, 0.5) is 0 Å². The van der Waals surface area contributed by atoms with Crippen molar-refractivity contribution in [3.8, 4) is 0 Å². The summed E-state index contributed by atoms with van der Waals surface area (Å²) in [5, 5.41) is 25.2. The van der Waals surface area contributed by atoms with Crippen molar-refractivity contribution in [2.75, 3.05) is 0 Å². The van der Waals surface area contributed by atoms with Crippen molar-refractivity contribution in [1.82, 2.24) is 25.9 Å². The molecule has 15 heteroatoms. The minimum atomic E-state index is -1.65. The van der Waals surface area contributed by atoms with E-state index in [1.54, 1.807) is 0 Å². The number of carbonyl (C=O) groups excluding carboxylic acids is 4. The third kappa shape index (κ3) is 9.23. The molecule has 10 N–H and O–H groups in total. The third-order valence-corrected chi connectivity index (χ3v) is 4.61. The number of rotatable bonds is 14. The van der Waals surface area contributed by atoms with E-state index in [-0.39, 0.29) is 6.42 Å². The summed E-state index contributed by atoms with van der Waals surface area (Å²) in [4.78, 5) is 78.0. The van der Waals surface area contributed by atoms with Crippen molar-refractivity contribution < 1.29 is 39.0 Å². The average molecular weight is 483 g/mol. The van der Waals surface area contributed by atoms with Gasteiger partial charge in [-0.2, -0.15) is 0 Å². The molecule has 15 nitrogen and oxygen atoms in total. The molecule has 34 heavy (non-hydrogen) atoms. The van der Waals surface area contributed by atoms with Crippen molar-refractivity contribution in [2.24, 2.45) is 17.4 Å². The molecular formula is C19H29N7O8. The first kappa shape index (κ1) is 28.0. The van der Waals surface area contributed by atoms with Crippen LogP contribution in [0.1, 0.15) is 32.4 Å². The number of carboxylic acids is 2. The lowest BCUT2D eigenvalue weighted by atomic mass is 10.0. The van der Waals surface area contributed by atoms with Crippen LogP contribution in [-0.4, -0.2) is 79.9 Å². The molecule has 4 unspecified atom stereocenters. The molecular weight excluding hydrogens is 454 g/mol. The molecule has 1 rings (SSSR count). The lowest BCUT2D eigenvalue weighted by Crippen LogP contribution is -2.58. The molecule has 0 spiro atoms. The maximum absolute atomic E-state index is 12.9. The van der Waals surface area contributed by atoms with E-state index in [0.717, 1.165) is 0 Å². The summed E-state index contributed by atoms with van der Waals surface area (Å²) < 4.78 is 0. The number of nitrogens with zero attached hydrogens (tertiary/aromatic N) is 1. The van der Waals surface area contributed by atoms with Crippen molar-refractivity contribution in [3.05, 3.63) is 18.2 Å². The van der Waals surface area contributed by atoms with Crippen LogP contribution in [0.5, 0.6) is 0 Å². The van der Waals surface area contributed by atoms with Gasteiger partial charge >= 0.3 is 11.9 Å². The van der Waals surface area contributed by atoms with Gasteiger partial charge in [0, 0.05) is 18.3 Å². The molecule has 0 saturated carbocycles. The maximum atomic E-state index is 12.9. The lowest BCUT2D eigenvalue weighted by Gasteiger charge is -2.25. The van der Waals surface area contributed by atoms with E-state index >= 15 is 0 Å². The van der Waals surface area contributed by atoms with Crippen molar-refractivity contribution in [2.45, 2.75) is 57.3 Å². The summed E-state index contributed by atoms with van der Waals surface area (Å²) in [7, 11) is 0. The fraction of sp³-hybridized carbons (Fsp3) is 0.526. The van der Waals surface area contributed by atoms with E-state index in [1.807, 2.05) is 0 Å². The van der Waals surface area contributed by atoms with E-state index in [2.05, 4.69) is 25.9 Å². The standard InChI is InChI=1S/C19H29N7O8/c1-8(2)15(19(33)34)26-18(32)12(5-14(28)29)25-17(31)11(3-9-6-22-7-23-9)24-16(30)10(20)4-13(21)27/h6-8,10-12,15H,3-5,20H2,1-2H3,(H2,21,27)(H,22,23)(H,24,30)(H,25,31)(H,26,32)(H,28,29)(H,33,34). The summed E-state index contributed by atoms with van der Waals surface area (Å²) in [6, 6.07) is -5.68. The monoisotopic (exact) mass is 483 g/mol. The summed E-state index contributed by atoms with van der Waals surface area (Å²) in [5.41, 5.74) is 11.0. The third-order valence-electron chi connectivity index (χ3n) is 4.61. The zero-order valence-electron chi connectivity index (χ0n) is 18.6. The first-order valence-corrected chi connectivity index (χ1v) is 10.2. The molecule has 0 bridgehead atoms. The SMILES string of the molecule is CC(C)C(NC(=O)C(CC(=O)O)NC(=O)C(Cc1cnc[nH]1)NC(=O)C(N)CC(N)=O)C(=O)O. The minimum absolute atomic E-state index is 0.147. The van der Waals surface area contributed by atoms with Crippen molar-refractivity contribution in [3.63, 3.8) is 0 Å². The number of hydrogen-bond donors (Lipinski definition) is 8. The highest BCUT2D eigenvalue weighted by Crippen LogP contribution is 2.06. The van der Waals surface area contributed by atoms with Gasteiger partial charge in [0.25, 0.3) is 0 Å². The Bertz CT molecular complexity index is 902. The Balaban J connectivity index is 3.07. The van der Waals surface area contributed by atoms with Gasteiger partial charge in [-0.25, -0.2) is 9.78 Å². The fourth-order valence-electron chi connectivity index (χ4n) is 2.84. The summed E-state index contributed by atoms with van der Waals surface area (Å²) in [6.45, 7) is 3.07. The second kappa shape index (κ2) is 12.9. The number of amides is 4. The van der Waals surface area contributed by atoms with E-state index in [9.17, 15) is 33.9 Å². The summed E-state index contributed by atoms with van der Waals surface area (Å²) in [5.74, 6) is -7.01. The highest BCUT2D eigenvalue weighted by atomic mass is 16.4. The highest BCUT2D eigenvalue weighted by Gasteiger charge is 2.32. The van der Waals surface area contributed by atoms with Gasteiger partial charge in [0.1, 0.15) is 18.1 Å². The summed E-state index contributed by atoms with van der Waals surface area (Å²) in [6.07, 6.45) is 1.21. The van der Waals surface area contributed by atoms with Crippen molar-refractivity contribution in [1.29, 1.82) is 0 Å². The number of aliphatic carboxylic acids is 2. The predicted octanol–water partition coefficient (Wildman–Crippen LogP) is -3.18. The van der Waals surface area contributed by atoms with Gasteiger partial charge in [0.05, 0.1) is 25.2 Å². The molecule has 1 aromatic rings. The van der Waals surface area contributed by atoms with Gasteiger partial charge < -0.3 is 42.6 Å². The van der Waals surface area contributed by atoms with Crippen LogP contribution < -0.4 is 27.4 Å². The number of imidazole rings is 1. The van der Waals surface area contributed by atoms with E-state index in [1.165, 1.54) is 26.4 Å².